The van der Waals surface area contributed by atoms with Gasteiger partial charge in [-0.1, -0.05) is 66.7 Å². The Morgan fingerprint density at radius 2 is 1.48 bits per heavy atom. The van der Waals surface area contributed by atoms with E-state index >= 15 is 0 Å². The quantitative estimate of drug-likeness (QED) is 0.178. The van der Waals surface area contributed by atoms with E-state index in [1.807, 2.05) is 60.7 Å². The second-order valence-electron chi connectivity index (χ2n) is 6.97. The lowest BCUT2D eigenvalue weighted by Crippen LogP contribution is -2.15. The van der Waals surface area contributed by atoms with Gasteiger partial charge >= 0.3 is 0 Å². The van der Waals surface area contributed by atoms with Crippen molar-refractivity contribution >= 4 is 40.4 Å². The number of rotatable bonds is 7. The van der Waals surface area contributed by atoms with Gasteiger partial charge in [0.05, 0.1) is 23.2 Å². The number of hydrogen-bond acceptors (Lipinski definition) is 5. The Hall–Kier alpha value is -3.41. The van der Waals surface area contributed by atoms with Gasteiger partial charge in [-0.3, -0.25) is 10.1 Å². The largest absolute Gasteiger partial charge is 0.507 e. The molecular weight excluding hydrogens is 505 g/mol. The Balaban J connectivity index is 1.94. The van der Waals surface area contributed by atoms with Crippen LogP contribution in [0.2, 0.25) is 0 Å². The van der Waals surface area contributed by atoms with E-state index in [4.69, 9.17) is 9.26 Å². The molecular formula is C25H19BrNO5P. The highest BCUT2D eigenvalue weighted by Crippen LogP contribution is 2.51. The molecule has 0 aliphatic heterocycles. The number of aromatic hydroxyl groups is 1. The highest BCUT2D eigenvalue weighted by Gasteiger charge is 2.27. The number of ether oxygens (including phenoxy) is 1. The summed E-state index contributed by atoms with van der Waals surface area (Å²) in [6.45, 7) is 0. The molecule has 4 aromatic carbocycles. The molecule has 0 saturated carbocycles. The number of methoxy groups -OCH3 is 1. The summed E-state index contributed by atoms with van der Waals surface area (Å²) in [5, 5.41) is 24.6. The van der Waals surface area contributed by atoms with E-state index in [1.54, 1.807) is 18.2 Å². The van der Waals surface area contributed by atoms with E-state index in [9.17, 15) is 15.2 Å². The van der Waals surface area contributed by atoms with Crippen molar-refractivity contribution in [3.8, 4) is 28.4 Å². The smallest absolute Gasteiger partial charge is 0.278 e. The summed E-state index contributed by atoms with van der Waals surface area (Å²) < 4.78 is 12.4. The minimum atomic E-state index is -1.35. The third-order valence-corrected chi connectivity index (χ3v) is 7.47. The van der Waals surface area contributed by atoms with Crippen LogP contribution in [0.25, 0.3) is 11.1 Å². The van der Waals surface area contributed by atoms with Crippen LogP contribution >= 0.6 is 24.1 Å². The number of nitro groups is 1. The van der Waals surface area contributed by atoms with Gasteiger partial charge in [-0.2, -0.15) is 0 Å². The Morgan fingerprint density at radius 1 is 0.879 bits per heavy atom. The second-order valence-corrected chi connectivity index (χ2v) is 9.63. The molecule has 0 saturated heterocycles. The molecule has 0 spiro atoms. The fourth-order valence-electron chi connectivity index (χ4n) is 3.41. The zero-order valence-corrected chi connectivity index (χ0v) is 20.0. The van der Waals surface area contributed by atoms with Crippen molar-refractivity contribution in [3.05, 3.63) is 106 Å². The zero-order valence-electron chi connectivity index (χ0n) is 17.5. The molecule has 0 unspecified atom stereocenters. The predicted octanol–water partition coefficient (Wildman–Crippen LogP) is 6.17. The van der Waals surface area contributed by atoms with Crippen LogP contribution in [0, 0.1) is 10.1 Å². The van der Waals surface area contributed by atoms with Gasteiger partial charge in [0, 0.05) is 33.3 Å². The third-order valence-electron chi connectivity index (χ3n) is 4.90. The standard InChI is InChI=1S/C25H19BrNO5P/c1-31-17-15-22(28)25(24-20(26)13-8-14-21(24)27(29)30)23(16-17)32-33(18-9-4-2-5-10-18)19-11-6-3-7-12-19/h2-16,28H,1H3. The molecule has 0 aliphatic rings. The van der Waals surface area contributed by atoms with Crippen LogP contribution in [0.15, 0.2) is 95.5 Å². The van der Waals surface area contributed by atoms with Crippen LogP contribution in [0.1, 0.15) is 0 Å². The first-order chi connectivity index (χ1) is 16.0. The molecule has 0 amide bonds. The van der Waals surface area contributed by atoms with Gasteiger partial charge in [0.25, 0.3) is 5.69 Å². The molecule has 8 heteroatoms. The molecule has 0 aliphatic carbocycles. The average molecular weight is 524 g/mol. The van der Waals surface area contributed by atoms with Crippen LogP contribution < -0.4 is 19.9 Å². The molecule has 0 radical (unpaired) electrons. The van der Waals surface area contributed by atoms with Crippen molar-refractivity contribution in [1.29, 1.82) is 0 Å². The fourth-order valence-corrected chi connectivity index (χ4v) is 5.70. The second kappa shape index (κ2) is 10.0. The lowest BCUT2D eigenvalue weighted by atomic mass is 10.0. The number of hydrogen-bond donors (Lipinski definition) is 1. The molecule has 1 N–H and O–H groups in total. The van der Waals surface area contributed by atoms with E-state index < -0.39 is 13.1 Å². The normalized spacial score (nSPS) is 10.8. The highest BCUT2D eigenvalue weighted by atomic mass is 79.9. The molecule has 0 heterocycles. The molecule has 6 nitrogen and oxygen atoms in total. The summed E-state index contributed by atoms with van der Waals surface area (Å²) in [4.78, 5) is 11.3. The lowest BCUT2D eigenvalue weighted by Gasteiger charge is -2.22. The minimum absolute atomic E-state index is 0.154. The number of nitro benzene ring substituents is 1. The van der Waals surface area contributed by atoms with Gasteiger partial charge in [-0.15, -0.1) is 0 Å². The average Bonchev–Trinajstić information content (AvgIpc) is 2.83. The summed E-state index contributed by atoms with van der Waals surface area (Å²) in [6.07, 6.45) is 0. The Labute approximate surface area is 200 Å². The molecule has 0 aromatic heterocycles. The van der Waals surface area contributed by atoms with E-state index in [0.717, 1.165) is 10.6 Å². The lowest BCUT2D eigenvalue weighted by molar-refractivity contribution is -0.384. The van der Waals surface area contributed by atoms with E-state index in [1.165, 1.54) is 19.2 Å². The first-order valence-electron chi connectivity index (χ1n) is 9.92. The predicted molar refractivity (Wildman–Crippen MR) is 134 cm³/mol. The molecule has 166 valence electrons. The number of benzene rings is 4. The first kappa shape index (κ1) is 22.8. The number of halogens is 1. The molecule has 0 fully saturated rings. The Bertz CT molecular complexity index is 1250. The van der Waals surface area contributed by atoms with Crippen LogP contribution in [0.5, 0.6) is 17.2 Å². The van der Waals surface area contributed by atoms with E-state index in [0.29, 0.717) is 10.2 Å². The van der Waals surface area contributed by atoms with Crippen molar-refractivity contribution in [1.82, 2.24) is 0 Å². The number of nitrogens with zero attached hydrogens (tertiary/aromatic N) is 1. The maximum absolute atomic E-state index is 11.8. The van der Waals surface area contributed by atoms with Crippen molar-refractivity contribution in [2.24, 2.45) is 0 Å². The van der Waals surface area contributed by atoms with Gasteiger partial charge < -0.3 is 14.4 Å². The van der Waals surface area contributed by atoms with Gasteiger partial charge in [0.2, 0.25) is 0 Å². The Morgan fingerprint density at radius 3 is 2.03 bits per heavy atom. The topological polar surface area (TPSA) is 81.8 Å². The maximum Gasteiger partial charge on any atom is 0.278 e. The van der Waals surface area contributed by atoms with Gasteiger partial charge in [-0.05, 0) is 22.0 Å². The van der Waals surface area contributed by atoms with Crippen molar-refractivity contribution in [2.45, 2.75) is 0 Å². The summed E-state index contributed by atoms with van der Waals surface area (Å²) in [5.41, 5.74) is 0.293. The summed E-state index contributed by atoms with van der Waals surface area (Å²) in [6, 6.07) is 27.2. The fraction of sp³-hybridized carbons (Fsp3) is 0.0400. The monoisotopic (exact) mass is 523 g/mol. The van der Waals surface area contributed by atoms with Gasteiger partial charge in [-0.25, -0.2) is 0 Å². The van der Waals surface area contributed by atoms with Crippen molar-refractivity contribution < 1.29 is 19.3 Å². The zero-order chi connectivity index (χ0) is 23.4. The molecule has 4 rings (SSSR count). The summed E-state index contributed by atoms with van der Waals surface area (Å²) >= 11 is 3.42. The van der Waals surface area contributed by atoms with E-state index in [-0.39, 0.29) is 28.3 Å². The van der Waals surface area contributed by atoms with Crippen molar-refractivity contribution in [2.75, 3.05) is 7.11 Å². The van der Waals surface area contributed by atoms with Crippen LogP contribution in [0.4, 0.5) is 5.69 Å². The third kappa shape index (κ3) is 4.85. The number of phenolic OH excluding ortho intramolecular Hbond substituents is 1. The molecule has 0 atom stereocenters. The van der Waals surface area contributed by atoms with Crippen molar-refractivity contribution in [3.63, 3.8) is 0 Å². The summed E-state index contributed by atoms with van der Waals surface area (Å²) in [7, 11) is 0.133. The number of phenols is 1. The molecule has 0 bridgehead atoms. The molecule has 33 heavy (non-hydrogen) atoms. The van der Waals surface area contributed by atoms with Crippen LogP contribution in [0.3, 0.4) is 0 Å². The Kier molecular flexibility index (Phi) is 6.92. The van der Waals surface area contributed by atoms with Gasteiger partial charge in [0.15, 0.2) is 8.15 Å². The van der Waals surface area contributed by atoms with Gasteiger partial charge in [0.1, 0.15) is 17.2 Å². The highest BCUT2D eigenvalue weighted by molar-refractivity contribution is 9.10. The molecule has 4 aromatic rings. The SMILES string of the molecule is COc1cc(O)c(-c2c(Br)cccc2[N+](=O)[O-])c(OP(c2ccccc2)c2ccccc2)c1. The maximum atomic E-state index is 11.8. The first-order valence-corrected chi connectivity index (χ1v) is 12.0. The van der Waals surface area contributed by atoms with Crippen LogP contribution in [-0.4, -0.2) is 17.1 Å². The van der Waals surface area contributed by atoms with E-state index in [2.05, 4.69) is 15.9 Å². The van der Waals surface area contributed by atoms with Crippen LogP contribution in [-0.2, 0) is 0 Å². The minimum Gasteiger partial charge on any atom is -0.507 e. The summed E-state index contributed by atoms with van der Waals surface area (Å²) in [5.74, 6) is 0.466.